The van der Waals surface area contributed by atoms with E-state index in [0.717, 1.165) is 36.3 Å². The van der Waals surface area contributed by atoms with E-state index in [1.165, 1.54) is 0 Å². The fourth-order valence-corrected chi connectivity index (χ4v) is 1.79. The van der Waals surface area contributed by atoms with Gasteiger partial charge >= 0.3 is 6.03 Å². The first kappa shape index (κ1) is 15.2. The van der Waals surface area contributed by atoms with Crippen LogP contribution < -0.4 is 16.0 Å². The SMILES string of the molecule is C=CCNCCCNC(=O)Nc1c(C)cccc1C. The molecule has 0 aliphatic carbocycles. The normalized spacial score (nSPS) is 10.0. The highest BCUT2D eigenvalue weighted by Crippen LogP contribution is 2.18. The van der Waals surface area contributed by atoms with Crippen molar-refractivity contribution in [2.45, 2.75) is 20.3 Å². The maximum Gasteiger partial charge on any atom is 0.319 e. The van der Waals surface area contributed by atoms with E-state index in [1.54, 1.807) is 0 Å². The minimum atomic E-state index is -0.152. The van der Waals surface area contributed by atoms with Crippen LogP contribution >= 0.6 is 0 Å². The first-order valence-corrected chi connectivity index (χ1v) is 6.58. The van der Waals surface area contributed by atoms with Crippen LogP contribution in [0, 0.1) is 13.8 Å². The van der Waals surface area contributed by atoms with Crippen molar-refractivity contribution in [2.75, 3.05) is 25.0 Å². The molecule has 0 atom stereocenters. The summed E-state index contributed by atoms with van der Waals surface area (Å²) in [6, 6.07) is 5.81. The lowest BCUT2D eigenvalue weighted by molar-refractivity contribution is 0.252. The topological polar surface area (TPSA) is 53.2 Å². The molecule has 0 aromatic heterocycles. The molecule has 1 aromatic carbocycles. The molecule has 3 N–H and O–H groups in total. The van der Waals surface area contributed by atoms with Gasteiger partial charge in [0.2, 0.25) is 0 Å². The molecule has 0 aliphatic rings. The van der Waals surface area contributed by atoms with Gasteiger partial charge in [0.15, 0.2) is 0 Å². The average molecular weight is 261 g/mol. The Kier molecular flexibility index (Phi) is 6.68. The number of carbonyl (C=O) groups excluding carboxylic acids is 1. The zero-order valence-electron chi connectivity index (χ0n) is 11.8. The van der Waals surface area contributed by atoms with Crippen LogP contribution in [-0.2, 0) is 0 Å². The molecule has 0 unspecified atom stereocenters. The van der Waals surface area contributed by atoms with Gasteiger partial charge in [-0.25, -0.2) is 4.79 Å². The molecule has 1 aromatic rings. The van der Waals surface area contributed by atoms with Gasteiger partial charge in [0, 0.05) is 18.8 Å². The molecule has 0 spiro atoms. The Morgan fingerprint density at radius 2 is 1.95 bits per heavy atom. The Morgan fingerprint density at radius 1 is 1.26 bits per heavy atom. The van der Waals surface area contributed by atoms with E-state index < -0.39 is 0 Å². The maximum absolute atomic E-state index is 11.7. The molecule has 0 heterocycles. The van der Waals surface area contributed by atoms with Crippen LogP contribution in [0.3, 0.4) is 0 Å². The quantitative estimate of drug-likeness (QED) is 0.522. The number of benzene rings is 1. The van der Waals surface area contributed by atoms with Gasteiger partial charge in [0.1, 0.15) is 0 Å². The Morgan fingerprint density at radius 3 is 2.58 bits per heavy atom. The van der Waals surface area contributed by atoms with Gasteiger partial charge < -0.3 is 16.0 Å². The van der Waals surface area contributed by atoms with E-state index in [4.69, 9.17) is 0 Å². The summed E-state index contributed by atoms with van der Waals surface area (Å²) in [5.74, 6) is 0. The van der Waals surface area contributed by atoms with Crippen molar-refractivity contribution in [3.8, 4) is 0 Å². The molecule has 4 nitrogen and oxygen atoms in total. The number of para-hydroxylation sites is 1. The van der Waals surface area contributed by atoms with Crippen molar-refractivity contribution in [1.29, 1.82) is 0 Å². The second-order valence-electron chi connectivity index (χ2n) is 4.49. The monoisotopic (exact) mass is 261 g/mol. The van der Waals surface area contributed by atoms with Crippen molar-refractivity contribution in [1.82, 2.24) is 10.6 Å². The van der Waals surface area contributed by atoms with Gasteiger partial charge in [-0.3, -0.25) is 0 Å². The van der Waals surface area contributed by atoms with E-state index in [1.807, 2.05) is 38.1 Å². The highest BCUT2D eigenvalue weighted by atomic mass is 16.2. The summed E-state index contributed by atoms with van der Waals surface area (Å²) < 4.78 is 0. The van der Waals surface area contributed by atoms with Crippen LogP contribution in [-0.4, -0.2) is 25.7 Å². The van der Waals surface area contributed by atoms with Crippen molar-refractivity contribution < 1.29 is 4.79 Å². The predicted molar refractivity (Wildman–Crippen MR) is 80.6 cm³/mol. The van der Waals surface area contributed by atoms with Crippen LogP contribution in [0.2, 0.25) is 0 Å². The third-order valence-corrected chi connectivity index (χ3v) is 2.82. The van der Waals surface area contributed by atoms with Crippen molar-refractivity contribution in [3.63, 3.8) is 0 Å². The molecule has 0 radical (unpaired) electrons. The number of hydrogen-bond donors (Lipinski definition) is 3. The van der Waals surface area contributed by atoms with Crippen LogP contribution in [0.15, 0.2) is 30.9 Å². The Balaban J connectivity index is 2.29. The van der Waals surface area contributed by atoms with E-state index >= 15 is 0 Å². The average Bonchev–Trinajstić information content (AvgIpc) is 2.38. The van der Waals surface area contributed by atoms with Gasteiger partial charge in [0.25, 0.3) is 0 Å². The van der Waals surface area contributed by atoms with Crippen LogP contribution in [0.25, 0.3) is 0 Å². The van der Waals surface area contributed by atoms with Crippen LogP contribution in [0.4, 0.5) is 10.5 Å². The van der Waals surface area contributed by atoms with Gasteiger partial charge in [-0.05, 0) is 37.9 Å². The summed E-state index contributed by atoms with van der Waals surface area (Å²) in [6.45, 7) is 9.93. The van der Waals surface area contributed by atoms with Gasteiger partial charge in [-0.15, -0.1) is 6.58 Å². The molecule has 0 saturated carbocycles. The number of nitrogens with one attached hydrogen (secondary N) is 3. The molecular weight excluding hydrogens is 238 g/mol. The number of rotatable bonds is 7. The number of amides is 2. The second kappa shape index (κ2) is 8.32. The Hall–Kier alpha value is -1.81. The molecular formula is C15H23N3O. The zero-order valence-corrected chi connectivity index (χ0v) is 11.8. The molecule has 0 bridgehead atoms. The van der Waals surface area contributed by atoms with Gasteiger partial charge in [0.05, 0.1) is 0 Å². The van der Waals surface area contributed by atoms with E-state index in [9.17, 15) is 4.79 Å². The third kappa shape index (κ3) is 5.57. The zero-order chi connectivity index (χ0) is 14.1. The van der Waals surface area contributed by atoms with Crippen molar-refractivity contribution in [3.05, 3.63) is 42.0 Å². The largest absolute Gasteiger partial charge is 0.338 e. The lowest BCUT2D eigenvalue weighted by Crippen LogP contribution is -2.31. The fourth-order valence-electron chi connectivity index (χ4n) is 1.79. The molecule has 0 fully saturated rings. The summed E-state index contributed by atoms with van der Waals surface area (Å²) in [7, 11) is 0. The highest BCUT2D eigenvalue weighted by molar-refractivity contribution is 5.90. The van der Waals surface area contributed by atoms with E-state index in [-0.39, 0.29) is 6.03 Å². The number of carbonyl (C=O) groups is 1. The summed E-state index contributed by atoms with van der Waals surface area (Å²) in [5.41, 5.74) is 3.04. The van der Waals surface area contributed by atoms with Gasteiger partial charge in [-0.1, -0.05) is 24.3 Å². The van der Waals surface area contributed by atoms with Crippen molar-refractivity contribution in [2.24, 2.45) is 0 Å². The van der Waals surface area contributed by atoms with E-state index in [2.05, 4.69) is 22.5 Å². The van der Waals surface area contributed by atoms with Crippen LogP contribution in [0.1, 0.15) is 17.5 Å². The summed E-state index contributed by atoms with van der Waals surface area (Å²) >= 11 is 0. The fraction of sp³-hybridized carbons (Fsp3) is 0.400. The smallest absolute Gasteiger partial charge is 0.319 e. The summed E-state index contributed by atoms with van der Waals surface area (Å²) in [5, 5.41) is 8.93. The first-order valence-electron chi connectivity index (χ1n) is 6.58. The predicted octanol–water partition coefficient (Wildman–Crippen LogP) is 2.59. The maximum atomic E-state index is 11.7. The summed E-state index contributed by atoms with van der Waals surface area (Å²) in [4.78, 5) is 11.7. The summed E-state index contributed by atoms with van der Waals surface area (Å²) in [6.07, 6.45) is 2.72. The second-order valence-corrected chi connectivity index (χ2v) is 4.49. The standard InChI is InChI=1S/C15H23N3O/c1-4-9-16-10-6-11-17-15(19)18-14-12(2)7-5-8-13(14)3/h4-5,7-8,16H,1,6,9-11H2,2-3H3,(H2,17,18,19). The molecule has 19 heavy (non-hydrogen) atoms. The lowest BCUT2D eigenvalue weighted by atomic mass is 10.1. The molecule has 4 heteroatoms. The molecule has 2 amide bonds. The van der Waals surface area contributed by atoms with E-state index in [0.29, 0.717) is 6.54 Å². The minimum Gasteiger partial charge on any atom is -0.338 e. The lowest BCUT2D eigenvalue weighted by Gasteiger charge is -2.12. The number of urea groups is 1. The van der Waals surface area contributed by atoms with Gasteiger partial charge in [-0.2, -0.15) is 0 Å². The molecule has 0 aliphatic heterocycles. The van der Waals surface area contributed by atoms with Crippen LogP contribution in [0.5, 0.6) is 0 Å². The Labute approximate surface area is 115 Å². The number of aryl methyl sites for hydroxylation is 2. The molecule has 1 rings (SSSR count). The number of hydrogen-bond acceptors (Lipinski definition) is 2. The number of anilines is 1. The third-order valence-electron chi connectivity index (χ3n) is 2.82. The first-order chi connectivity index (χ1) is 9.15. The Bertz CT molecular complexity index is 409. The van der Waals surface area contributed by atoms with Crippen molar-refractivity contribution >= 4 is 11.7 Å². The minimum absolute atomic E-state index is 0.152. The molecule has 104 valence electrons. The molecule has 0 saturated heterocycles. The highest BCUT2D eigenvalue weighted by Gasteiger charge is 2.05.